The van der Waals surface area contributed by atoms with Crippen LogP contribution < -0.4 is 4.90 Å². The topological polar surface area (TPSA) is 52.2 Å². The summed E-state index contributed by atoms with van der Waals surface area (Å²) in [5, 5.41) is 0. The number of pyridine rings is 1. The summed E-state index contributed by atoms with van der Waals surface area (Å²) in [6, 6.07) is 6.77. The molecule has 1 amide bonds. The maximum atomic E-state index is 11.5. The van der Waals surface area contributed by atoms with Crippen molar-refractivity contribution in [2.75, 3.05) is 70.4 Å². The molecule has 7 heteroatoms. The van der Waals surface area contributed by atoms with Crippen LogP contribution in [-0.4, -0.2) is 103 Å². The van der Waals surface area contributed by atoms with Gasteiger partial charge in [-0.25, -0.2) is 4.98 Å². The molecule has 3 aliphatic rings. The van der Waals surface area contributed by atoms with Crippen molar-refractivity contribution < 1.29 is 9.53 Å². The van der Waals surface area contributed by atoms with Crippen molar-refractivity contribution in [1.82, 2.24) is 19.7 Å². The number of aromatic nitrogens is 1. The van der Waals surface area contributed by atoms with E-state index in [1.807, 2.05) is 17.2 Å². The minimum absolute atomic E-state index is 0.158. The number of ether oxygens (including phenoxy) is 1. The Bertz CT molecular complexity index is 599. The number of anilines is 1. The van der Waals surface area contributed by atoms with Crippen molar-refractivity contribution in [1.29, 1.82) is 0 Å². The zero-order valence-corrected chi connectivity index (χ0v) is 15.6. The summed E-state index contributed by atoms with van der Waals surface area (Å²) in [6.45, 7) is 11.2. The molecule has 1 unspecified atom stereocenters. The van der Waals surface area contributed by atoms with E-state index in [4.69, 9.17) is 4.74 Å². The van der Waals surface area contributed by atoms with Crippen molar-refractivity contribution in [3.8, 4) is 0 Å². The molecule has 1 atom stereocenters. The molecular formula is C19H29N5O2. The molecule has 7 nitrogen and oxygen atoms in total. The van der Waals surface area contributed by atoms with E-state index >= 15 is 0 Å². The molecule has 4 heterocycles. The van der Waals surface area contributed by atoms with Gasteiger partial charge in [-0.3, -0.25) is 14.6 Å². The number of hydrogen-bond acceptors (Lipinski definition) is 6. The third kappa shape index (κ3) is 4.00. The smallest absolute Gasteiger partial charge is 0.219 e. The van der Waals surface area contributed by atoms with Crippen molar-refractivity contribution >= 4 is 11.7 Å². The molecule has 0 spiro atoms. The second kappa shape index (κ2) is 7.90. The van der Waals surface area contributed by atoms with Gasteiger partial charge in [0, 0.05) is 78.1 Å². The fraction of sp³-hybridized carbons (Fsp3) is 0.684. The minimum atomic E-state index is 0.158. The van der Waals surface area contributed by atoms with Gasteiger partial charge in [0.2, 0.25) is 5.91 Å². The number of hydrogen-bond donors (Lipinski definition) is 0. The Hall–Kier alpha value is -1.70. The van der Waals surface area contributed by atoms with E-state index in [9.17, 15) is 4.79 Å². The third-order valence-electron chi connectivity index (χ3n) is 5.79. The van der Waals surface area contributed by atoms with Gasteiger partial charge in [0.05, 0.1) is 12.7 Å². The van der Waals surface area contributed by atoms with Crippen molar-refractivity contribution in [2.45, 2.75) is 19.1 Å². The zero-order chi connectivity index (χ0) is 17.9. The average Bonchev–Trinajstić information content (AvgIpc) is 2.65. The maximum Gasteiger partial charge on any atom is 0.219 e. The first-order valence-electron chi connectivity index (χ1n) is 9.68. The number of rotatable bonds is 4. The third-order valence-corrected chi connectivity index (χ3v) is 5.79. The summed E-state index contributed by atoms with van der Waals surface area (Å²) < 4.78 is 5.85. The van der Waals surface area contributed by atoms with Gasteiger partial charge < -0.3 is 14.5 Å². The summed E-state index contributed by atoms with van der Waals surface area (Å²) in [5.74, 6) is 1.25. The fourth-order valence-electron chi connectivity index (χ4n) is 4.18. The predicted octanol–water partition coefficient (Wildman–Crippen LogP) is 0.135. The molecule has 0 bridgehead atoms. The number of nitrogens with zero attached hydrogens (tertiary/aromatic N) is 5. The van der Waals surface area contributed by atoms with Crippen molar-refractivity contribution in [3.63, 3.8) is 0 Å². The first-order chi connectivity index (χ1) is 12.7. The van der Waals surface area contributed by atoms with Gasteiger partial charge in [0.15, 0.2) is 0 Å². The van der Waals surface area contributed by atoms with Crippen LogP contribution in [0, 0.1) is 0 Å². The van der Waals surface area contributed by atoms with E-state index in [0.29, 0.717) is 12.6 Å². The molecule has 1 aromatic heterocycles. The van der Waals surface area contributed by atoms with Gasteiger partial charge in [-0.1, -0.05) is 6.07 Å². The van der Waals surface area contributed by atoms with Crippen molar-refractivity contribution in [3.05, 3.63) is 24.4 Å². The lowest BCUT2D eigenvalue weighted by atomic mass is 10.0. The van der Waals surface area contributed by atoms with Gasteiger partial charge >= 0.3 is 0 Å². The number of piperazine rings is 1. The number of amides is 1. The quantitative estimate of drug-likeness (QED) is 0.762. The standard InChI is InChI=1S/C19H29N5O2/c1-16(25)24-10-11-26-18(15-24)14-21-12-17(13-21)22-6-8-23(9-7-22)19-4-2-3-5-20-19/h2-5,17-18H,6-15H2,1H3. The fourth-order valence-corrected chi connectivity index (χ4v) is 4.18. The van der Waals surface area contributed by atoms with Crippen LogP contribution in [-0.2, 0) is 9.53 Å². The Balaban J connectivity index is 1.18. The van der Waals surface area contributed by atoms with Crippen molar-refractivity contribution in [2.24, 2.45) is 0 Å². The second-order valence-electron chi connectivity index (χ2n) is 7.54. The molecule has 3 fully saturated rings. The molecule has 26 heavy (non-hydrogen) atoms. The van der Waals surface area contributed by atoms with E-state index in [2.05, 4.69) is 31.8 Å². The number of carbonyl (C=O) groups excluding carboxylic acids is 1. The Morgan fingerprint density at radius 1 is 1.15 bits per heavy atom. The lowest BCUT2D eigenvalue weighted by Gasteiger charge is -2.49. The molecule has 0 saturated carbocycles. The number of carbonyl (C=O) groups is 1. The van der Waals surface area contributed by atoms with Crippen LogP contribution in [0.15, 0.2) is 24.4 Å². The Morgan fingerprint density at radius 2 is 1.96 bits per heavy atom. The van der Waals surface area contributed by atoms with Crippen LogP contribution in [0.2, 0.25) is 0 Å². The largest absolute Gasteiger partial charge is 0.373 e. The Labute approximate surface area is 155 Å². The van der Waals surface area contributed by atoms with Crippen LogP contribution >= 0.6 is 0 Å². The molecule has 0 N–H and O–H groups in total. The second-order valence-corrected chi connectivity index (χ2v) is 7.54. The molecule has 142 valence electrons. The van der Waals surface area contributed by atoms with Crippen LogP contribution in [0.25, 0.3) is 0 Å². The molecular weight excluding hydrogens is 330 g/mol. The van der Waals surface area contributed by atoms with Gasteiger partial charge in [-0.05, 0) is 12.1 Å². The lowest BCUT2D eigenvalue weighted by Crippen LogP contribution is -2.64. The van der Waals surface area contributed by atoms with Gasteiger partial charge in [-0.2, -0.15) is 0 Å². The molecule has 4 rings (SSSR count). The lowest BCUT2D eigenvalue weighted by molar-refractivity contribution is -0.138. The summed E-state index contributed by atoms with van der Waals surface area (Å²) >= 11 is 0. The summed E-state index contributed by atoms with van der Waals surface area (Å²) in [7, 11) is 0. The predicted molar refractivity (Wildman–Crippen MR) is 100 cm³/mol. The number of likely N-dealkylation sites (tertiary alicyclic amines) is 1. The van der Waals surface area contributed by atoms with Crippen LogP contribution in [0.3, 0.4) is 0 Å². The van der Waals surface area contributed by atoms with E-state index in [0.717, 1.165) is 64.7 Å². The Morgan fingerprint density at radius 3 is 2.65 bits per heavy atom. The zero-order valence-electron chi connectivity index (χ0n) is 15.6. The summed E-state index contributed by atoms with van der Waals surface area (Å²) in [4.78, 5) is 25.4. The monoisotopic (exact) mass is 359 g/mol. The molecule has 0 aromatic carbocycles. The number of morpholine rings is 1. The molecule has 3 aliphatic heterocycles. The molecule has 1 aromatic rings. The molecule has 0 aliphatic carbocycles. The van der Waals surface area contributed by atoms with E-state index in [-0.39, 0.29) is 12.0 Å². The summed E-state index contributed by atoms with van der Waals surface area (Å²) in [6.07, 6.45) is 2.03. The van der Waals surface area contributed by atoms with Gasteiger partial charge in [0.1, 0.15) is 5.82 Å². The van der Waals surface area contributed by atoms with E-state index < -0.39 is 0 Å². The highest BCUT2D eigenvalue weighted by atomic mass is 16.5. The SMILES string of the molecule is CC(=O)N1CCOC(CN2CC(N3CCN(c4ccccn4)CC3)C2)C1. The summed E-state index contributed by atoms with van der Waals surface area (Å²) in [5.41, 5.74) is 0. The Kier molecular flexibility index (Phi) is 5.38. The highest BCUT2D eigenvalue weighted by Gasteiger charge is 2.35. The van der Waals surface area contributed by atoms with Crippen LogP contribution in [0.4, 0.5) is 5.82 Å². The first kappa shape index (κ1) is 17.7. The normalized spacial score (nSPS) is 26.0. The van der Waals surface area contributed by atoms with Crippen LogP contribution in [0.5, 0.6) is 0 Å². The highest BCUT2D eigenvalue weighted by Crippen LogP contribution is 2.20. The molecule has 0 radical (unpaired) electrons. The maximum absolute atomic E-state index is 11.5. The van der Waals surface area contributed by atoms with Gasteiger partial charge in [0.25, 0.3) is 0 Å². The van der Waals surface area contributed by atoms with E-state index in [1.165, 1.54) is 0 Å². The van der Waals surface area contributed by atoms with E-state index in [1.54, 1.807) is 6.92 Å². The minimum Gasteiger partial charge on any atom is -0.373 e. The van der Waals surface area contributed by atoms with Crippen LogP contribution in [0.1, 0.15) is 6.92 Å². The first-order valence-corrected chi connectivity index (χ1v) is 9.68. The average molecular weight is 359 g/mol. The van der Waals surface area contributed by atoms with Gasteiger partial charge in [-0.15, -0.1) is 0 Å². The molecule has 3 saturated heterocycles. The highest BCUT2D eigenvalue weighted by molar-refractivity contribution is 5.73.